The van der Waals surface area contributed by atoms with Gasteiger partial charge in [0.05, 0.1) is 30.6 Å². The number of hydrogen-bond donors (Lipinski definition) is 4. The van der Waals surface area contributed by atoms with Crippen LogP contribution in [0.3, 0.4) is 0 Å². The van der Waals surface area contributed by atoms with E-state index in [4.69, 9.17) is 15.5 Å². The summed E-state index contributed by atoms with van der Waals surface area (Å²) in [5, 5.41) is 10.7. The Morgan fingerprint density at radius 1 is 1.30 bits per heavy atom. The van der Waals surface area contributed by atoms with Crippen LogP contribution in [0.4, 0.5) is 16.2 Å². The van der Waals surface area contributed by atoms with Crippen molar-refractivity contribution in [2.45, 2.75) is 37.8 Å². The van der Waals surface area contributed by atoms with Crippen LogP contribution < -0.4 is 16.4 Å². The maximum atomic E-state index is 11.7. The summed E-state index contributed by atoms with van der Waals surface area (Å²) in [5.41, 5.74) is 10.7. The van der Waals surface area contributed by atoms with E-state index < -0.39 is 6.09 Å². The van der Waals surface area contributed by atoms with Crippen LogP contribution in [0.2, 0.25) is 0 Å². The van der Waals surface area contributed by atoms with Crippen molar-refractivity contribution >= 4 is 17.5 Å². The molecule has 3 heterocycles. The fourth-order valence-electron chi connectivity index (χ4n) is 3.86. The Balaban J connectivity index is 1.77. The molecule has 2 atom stereocenters. The molecule has 0 spiro atoms. The first-order chi connectivity index (χ1) is 14.5. The number of anilines is 2. The lowest BCUT2D eigenvalue weighted by molar-refractivity contribution is 0.187. The number of imidazole rings is 1. The van der Waals surface area contributed by atoms with E-state index in [1.807, 2.05) is 42.2 Å². The number of amides is 1. The van der Waals surface area contributed by atoms with Crippen molar-refractivity contribution in [3.05, 3.63) is 48.2 Å². The summed E-state index contributed by atoms with van der Waals surface area (Å²) in [7, 11) is 3.29. The van der Waals surface area contributed by atoms with Gasteiger partial charge in [-0.25, -0.2) is 9.78 Å². The number of rotatable bonds is 2. The number of nitrogens with two attached hydrogens (primary N) is 1. The third-order valence-corrected chi connectivity index (χ3v) is 5.48. The maximum absolute atomic E-state index is 11.7. The van der Waals surface area contributed by atoms with Crippen molar-refractivity contribution in [1.29, 1.82) is 0 Å². The molecular formula is C21H27N7O2. The van der Waals surface area contributed by atoms with Crippen LogP contribution in [0.1, 0.15) is 49.3 Å². The van der Waals surface area contributed by atoms with Crippen LogP contribution in [0.25, 0.3) is 11.3 Å². The SMILES string of the molecule is COC(=O)Nc1ccc2c(c1)N[C@H](c1ccnn1C)CCCCC(N)c1nc-2c[nH]1. The van der Waals surface area contributed by atoms with E-state index in [-0.39, 0.29) is 12.1 Å². The van der Waals surface area contributed by atoms with Gasteiger partial charge in [0.15, 0.2) is 0 Å². The van der Waals surface area contributed by atoms with Crippen molar-refractivity contribution in [3.8, 4) is 11.3 Å². The Labute approximate surface area is 175 Å². The van der Waals surface area contributed by atoms with Crippen LogP contribution >= 0.6 is 0 Å². The van der Waals surface area contributed by atoms with E-state index in [1.165, 1.54) is 7.11 Å². The third-order valence-electron chi connectivity index (χ3n) is 5.48. The molecule has 1 amide bonds. The number of aromatic nitrogens is 4. The number of benzene rings is 1. The second-order valence-corrected chi connectivity index (χ2v) is 7.52. The summed E-state index contributed by atoms with van der Waals surface area (Å²) < 4.78 is 6.61. The fraction of sp³-hybridized carbons (Fsp3) is 0.381. The summed E-state index contributed by atoms with van der Waals surface area (Å²) in [6.45, 7) is 0. The van der Waals surface area contributed by atoms with E-state index in [0.717, 1.165) is 54.1 Å². The highest BCUT2D eigenvalue weighted by molar-refractivity contribution is 5.88. The minimum Gasteiger partial charge on any atom is -0.453 e. The number of hydrogen-bond acceptors (Lipinski definition) is 6. The van der Waals surface area contributed by atoms with Gasteiger partial charge < -0.3 is 20.8 Å². The number of aryl methyl sites for hydroxylation is 1. The Morgan fingerprint density at radius 3 is 2.90 bits per heavy atom. The highest BCUT2D eigenvalue weighted by atomic mass is 16.5. The zero-order valence-corrected chi connectivity index (χ0v) is 17.2. The molecule has 9 heteroatoms. The molecule has 0 radical (unpaired) electrons. The minimum absolute atomic E-state index is 0.0543. The predicted molar refractivity (Wildman–Crippen MR) is 115 cm³/mol. The molecule has 1 aliphatic heterocycles. The van der Waals surface area contributed by atoms with Gasteiger partial charge in [0.25, 0.3) is 0 Å². The van der Waals surface area contributed by atoms with E-state index >= 15 is 0 Å². The number of carbonyl (C=O) groups excluding carboxylic acids is 1. The molecule has 0 aliphatic carbocycles. The number of nitrogens with zero attached hydrogens (tertiary/aromatic N) is 3. The van der Waals surface area contributed by atoms with Gasteiger partial charge in [0.2, 0.25) is 0 Å². The van der Waals surface area contributed by atoms with E-state index in [2.05, 4.69) is 20.7 Å². The van der Waals surface area contributed by atoms with Crippen LogP contribution in [0.15, 0.2) is 36.7 Å². The summed E-state index contributed by atoms with van der Waals surface area (Å²) >= 11 is 0. The van der Waals surface area contributed by atoms with Gasteiger partial charge >= 0.3 is 6.09 Å². The molecule has 0 saturated heterocycles. The summed E-state index contributed by atoms with van der Waals surface area (Å²) in [6.07, 6.45) is 6.99. The molecule has 9 nitrogen and oxygen atoms in total. The molecule has 1 aliphatic rings. The van der Waals surface area contributed by atoms with Crippen molar-refractivity contribution in [2.24, 2.45) is 12.8 Å². The lowest BCUT2D eigenvalue weighted by Crippen LogP contribution is -2.17. The highest BCUT2D eigenvalue weighted by Crippen LogP contribution is 2.35. The molecule has 1 unspecified atom stereocenters. The Bertz CT molecular complexity index is 1030. The van der Waals surface area contributed by atoms with Gasteiger partial charge in [-0.15, -0.1) is 0 Å². The lowest BCUT2D eigenvalue weighted by atomic mass is 10.0. The molecule has 158 valence electrons. The molecule has 2 bridgehead atoms. The summed E-state index contributed by atoms with van der Waals surface area (Å²) in [4.78, 5) is 19.6. The average molecular weight is 409 g/mol. The van der Waals surface area contributed by atoms with E-state index in [0.29, 0.717) is 5.69 Å². The topological polar surface area (TPSA) is 123 Å². The standard InChI is InChI=1S/C21H27N7O2/c1-28-19(9-10-24-28)16-6-4-3-5-15(22)20-23-12-18(27-20)14-8-7-13(11-17(14)26-16)25-21(29)30-2/h7-12,15-16,26H,3-6,22H2,1-2H3,(H,23,27)(H,25,29)/t15?,16-/m0/s1. The van der Waals surface area contributed by atoms with E-state index in [1.54, 1.807) is 6.20 Å². The Kier molecular flexibility index (Phi) is 5.71. The Hall–Kier alpha value is -3.33. The average Bonchev–Trinajstić information content (AvgIpc) is 3.39. The molecule has 2 aromatic heterocycles. The Morgan fingerprint density at radius 2 is 2.13 bits per heavy atom. The monoisotopic (exact) mass is 409 g/mol. The number of ether oxygens (including phenoxy) is 1. The van der Waals surface area contributed by atoms with Crippen LogP contribution in [0, 0.1) is 0 Å². The molecule has 0 fully saturated rings. The number of methoxy groups -OCH3 is 1. The van der Waals surface area contributed by atoms with Crippen molar-refractivity contribution in [2.75, 3.05) is 17.7 Å². The number of H-pyrrole nitrogens is 1. The molecule has 1 aromatic carbocycles. The van der Waals surface area contributed by atoms with Gasteiger partial charge in [-0.05, 0) is 37.1 Å². The van der Waals surface area contributed by atoms with Gasteiger partial charge in [-0.3, -0.25) is 10.00 Å². The third kappa shape index (κ3) is 4.16. The number of nitrogens with one attached hydrogen (secondary N) is 3. The first kappa shape index (κ1) is 20.0. The second-order valence-electron chi connectivity index (χ2n) is 7.52. The van der Waals surface area contributed by atoms with Gasteiger partial charge in [-0.2, -0.15) is 5.10 Å². The quantitative estimate of drug-likeness (QED) is 0.512. The smallest absolute Gasteiger partial charge is 0.411 e. The molecule has 4 rings (SSSR count). The van der Waals surface area contributed by atoms with Crippen molar-refractivity contribution < 1.29 is 9.53 Å². The largest absolute Gasteiger partial charge is 0.453 e. The van der Waals surface area contributed by atoms with Crippen LogP contribution in [-0.4, -0.2) is 33.0 Å². The highest BCUT2D eigenvalue weighted by Gasteiger charge is 2.21. The van der Waals surface area contributed by atoms with E-state index in [9.17, 15) is 4.79 Å². The lowest BCUT2D eigenvalue weighted by Gasteiger charge is -2.23. The minimum atomic E-state index is -0.515. The zero-order chi connectivity index (χ0) is 21.1. The van der Waals surface area contributed by atoms with Crippen LogP contribution in [0.5, 0.6) is 0 Å². The second kappa shape index (κ2) is 8.58. The summed E-state index contributed by atoms with van der Waals surface area (Å²) in [6, 6.07) is 7.62. The maximum Gasteiger partial charge on any atom is 0.411 e. The van der Waals surface area contributed by atoms with Crippen LogP contribution in [-0.2, 0) is 11.8 Å². The van der Waals surface area contributed by atoms with Gasteiger partial charge in [0, 0.05) is 36.4 Å². The molecule has 3 aromatic rings. The fourth-order valence-corrected chi connectivity index (χ4v) is 3.86. The van der Waals surface area contributed by atoms with Crippen molar-refractivity contribution in [3.63, 3.8) is 0 Å². The first-order valence-electron chi connectivity index (χ1n) is 10.1. The zero-order valence-electron chi connectivity index (χ0n) is 17.2. The molecule has 0 saturated carbocycles. The first-order valence-corrected chi connectivity index (χ1v) is 10.1. The normalized spacial score (nSPS) is 19.0. The predicted octanol–water partition coefficient (Wildman–Crippen LogP) is 3.72. The van der Waals surface area contributed by atoms with Crippen molar-refractivity contribution in [1.82, 2.24) is 19.7 Å². The molecular weight excluding hydrogens is 382 g/mol. The van der Waals surface area contributed by atoms with Gasteiger partial charge in [0.1, 0.15) is 5.82 Å². The number of carbonyl (C=O) groups is 1. The van der Waals surface area contributed by atoms with Gasteiger partial charge in [-0.1, -0.05) is 12.8 Å². The molecule has 5 N–H and O–H groups in total. The number of aromatic amines is 1. The summed E-state index contributed by atoms with van der Waals surface area (Å²) in [5.74, 6) is 0.788. The number of fused-ring (bicyclic) bond motifs is 4. The molecule has 30 heavy (non-hydrogen) atoms.